The molecule has 7 heteroatoms. The molecule has 1 unspecified atom stereocenters. The van der Waals surface area contributed by atoms with E-state index in [0.29, 0.717) is 4.68 Å². The molecule has 0 aliphatic heterocycles. The van der Waals surface area contributed by atoms with Crippen LogP contribution in [0, 0.1) is 10.1 Å². The molecule has 2 N–H and O–H groups in total. The standard InChI is InChI=1S/C6H8N4O3/c1-2-5(8-11)6-7-3-4-9(6)10(12)13/h2-5,8,11H,1H2. The first-order chi connectivity index (χ1) is 6.20. The average molecular weight is 184 g/mol. The highest BCUT2D eigenvalue weighted by Gasteiger charge is 2.18. The lowest BCUT2D eigenvalue weighted by Crippen LogP contribution is -2.22. The molecule has 0 aromatic carbocycles. The topological polar surface area (TPSA) is 93.2 Å². The van der Waals surface area contributed by atoms with Crippen LogP contribution in [0.1, 0.15) is 11.9 Å². The molecule has 0 saturated heterocycles. The quantitative estimate of drug-likeness (QED) is 0.394. The van der Waals surface area contributed by atoms with Crippen LogP contribution in [0.25, 0.3) is 0 Å². The predicted molar refractivity (Wildman–Crippen MR) is 42.5 cm³/mol. The Bertz CT molecular complexity index is 321. The summed E-state index contributed by atoms with van der Waals surface area (Å²) in [6.07, 6.45) is 3.76. The summed E-state index contributed by atoms with van der Waals surface area (Å²) in [7, 11) is 0. The SMILES string of the molecule is C=CC(NO)c1nccn1[N+](=O)[O-]. The zero-order valence-electron chi connectivity index (χ0n) is 6.62. The van der Waals surface area contributed by atoms with Crippen LogP contribution in [0.4, 0.5) is 0 Å². The van der Waals surface area contributed by atoms with Crippen molar-refractivity contribution in [3.63, 3.8) is 0 Å². The van der Waals surface area contributed by atoms with E-state index in [2.05, 4.69) is 11.6 Å². The van der Waals surface area contributed by atoms with Crippen molar-refractivity contribution in [1.82, 2.24) is 15.1 Å². The van der Waals surface area contributed by atoms with Gasteiger partial charge in [0.05, 0.1) is 12.4 Å². The number of hydrogen-bond donors (Lipinski definition) is 2. The summed E-state index contributed by atoms with van der Waals surface area (Å²) in [6, 6.07) is -0.750. The summed E-state index contributed by atoms with van der Waals surface area (Å²) >= 11 is 0. The Kier molecular flexibility index (Phi) is 2.72. The van der Waals surface area contributed by atoms with Gasteiger partial charge in [0, 0.05) is 0 Å². The molecule has 1 heterocycles. The summed E-state index contributed by atoms with van der Waals surface area (Å²) in [5.74, 6) is 0.0718. The van der Waals surface area contributed by atoms with Crippen LogP contribution >= 0.6 is 0 Å². The molecule has 1 aromatic heterocycles. The highest BCUT2D eigenvalue weighted by Crippen LogP contribution is 2.10. The van der Waals surface area contributed by atoms with Gasteiger partial charge in [0.25, 0.3) is 0 Å². The minimum Gasteiger partial charge on any atom is -0.316 e. The second-order valence-electron chi connectivity index (χ2n) is 2.21. The van der Waals surface area contributed by atoms with Crippen LogP contribution in [-0.4, -0.2) is 19.9 Å². The third kappa shape index (κ3) is 1.71. The Balaban J connectivity index is 3.05. The number of aromatic nitrogens is 2. The maximum Gasteiger partial charge on any atom is 0.199 e. The lowest BCUT2D eigenvalue weighted by atomic mass is 10.3. The second kappa shape index (κ2) is 3.78. The molecule has 0 saturated carbocycles. The third-order valence-corrected chi connectivity index (χ3v) is 1.48. The molecule has 0 aliphatic carbocycles. The van der Waals surface area contributed by atoms with E-state index < -0.39 is 11.1 Å². The largest absolute Gasteiger partial charge is 0.316 e. The van der Waals surface area contributed by atoms with Crippen molar-refractivity contribution >= 4 is 0 Å². The van der Waals surface area contributed by atoms with Crippen molar-refractivity contribution in [1.29, 1.82) is 0 Å². The molecule has 0 spiro atoms. The predicted octanol–water partition coefficient (Wildman–Crippen LogP) is 0.129. The van der Waals surface area contributed by atoms with E-state index in [9.17, 15) is 10.1 Å². The monoisotopic (exact) mass is 184 g/mol. The fourth-order valence-electron chi connectivity index (χ4n) is 0.885. The molecule has 70 valence electrons. The van der Waals surface area contributed by atoms with E-state index >= 15 is 0 Å². The third-order valence-electron chi connectivity index (χ3n) is 1.48. The minimum atomic E-state index is -0.750. The number of imidazole rings is 1. The smallest absolute Gasteiger partial charge is 0.199 e. The Morgan fingerprint density at radius 2 is 2.62 bits per heavy atom. The maximum absolute atomic E-state index is 10.4. The summed E-state index contributed by atoms with van der Waals surface area (Å²) in [5, 5.41) is 18.4. The number of nitrogens with zero attached hydrogens (tertiary/aromatic N) is 3. The normalized spacial score (nSPS) is 12.4. The van der Waals surface area contributed by atoms with E-state index in [-0.39, 0.29) is 5.82 Å². The molecular formula is C6H8N4O3. The maximum atomic E-state index is 10.4. The molecule has 0 bridgehead atoms. The number of rotatable bonds is 4. The molecule has 13 heavy (non-hydrogen) atoms. The zero-order chi connectivity index (χ0) is 9.84. The summed E-state index contributed by atoms with van der Waals surface area (Å²) in [5.41, 5.74) is 1.84. The summed E-state index contributed by atoms with van der Waals surface area (Å²) in [4.78, 5) is 14.1. The molecule has 1 aromatic rings. The molecule has 0 radical (unpaired) electrons. The Morgan fingerprint density at radius 3 is 3.08 bits per heavy atom. The van der Waals surface area contributed by atoms with E-state index in [1.54, 1.807) is 0 Å². The average Bonchev–Trinajstić information content (AvgIpc) is 2.55. The summed E-state index contributed by atoms with van der Waals surface area (Å²) < 4.78 is 0.704. The van der Waals surface area contributed by atoms with Crippen LogP contribution in [0.5, 0.6) is 0 Å². The van der Waals surface area contributed by atoms with Gasteiger partial charge < -0.3 is 5.21 Å². The minimum absolute atomic E-state index is 0.0718. The first-order valence-corrected chi connectivity index (χ1v) is 3.40. The number of hydroxylamine groups is 1. The fraction of sp³-hybridized carbons (Fsp3) is 0.167. The lowest BCUT2D eigenvalue weighted by Gasteiger charge is -2.06. The van der Waals surface area contributed by atoms with Gasteiger partial charge in [0.2, 0.25) is 0 Å². The molecule has 7 nitrogen and oxygen atoms in total. The van der Waals surface area contributed by atoms with Gasteiger partial charge in [-0.1, -0.05) is 10.8 Å². The molecule has 0 amide bonds. The highest BCUT2D eigenvalue weighted by molar-refractivity contribution is 5.03. The van der Waals surface area contributed by atoms with Gasteiger partial charge in [-0.15, -0.1) is 6.58 Å². The van der Waals surface area contributed by atoms with Crippen molar-refractivity contribution < 1.29 is 10.2 Å². The second-order valence-corrected chi connectivity index (χ2v) is 2.21. The van der Waals surface area contributed by atoms with Crippen LogP contribution in [0.3, 0.4) is 0 Å². The van der Waals surface area contributed by atoms with Crippen molar-refractivity contribution in [2.75, 3.05) is 0 Å². The van der Waals surface area contributed by atoms with Crippen molar-refractivity contribution in [3.8, 4) is 0 Å². The Hall–Kier alpha value is -1.73. The van der Waals surface area contributed by atoms with Gasteiger partial charge in [-0.2, -0.15) is 5.48 Å². The molecule has 1 rings (SSSR count). The van der Waals surface area contributed by atoms with Gasteiger partial charge in [-0.05, 0) is 0 Å². The van der Waals surface area contributed by atoms with Gasteiger partial charge in [0.15, 0.2) is 10.9 Å². The van der Waals surface area contributed by atoms with E-state index in [1.165, 1.54) is 18.5 Å². The van der Waals surface area contributed by atoms with Crippen molar-refractivity contribution in [2.45, 2.75) is 6.04 Å². The zero-order valence-corrected chi connectivity index (χ0v) is 6.62. The fourth-order valence-corrected chi connectivity index (χ4v) is 0.885. The van der Waals surface area contributed by atoms with Crippen LogP contribution in [0.15, 0.2) is 25.0 Å². The highest BCUT2D eigenvalue weighted by atomic mass is 16.7. The summed E-state index contributed by atoms with van der Waals surface area (Å²) in [6.45, 7) is 3.39. The van der Waals surface area contributed by atoms with Crippen molar-refractivity contribution in [2.24, 2.45) is 0 Å². The molecule has 1 atom stereocenters. The van der Waals surface area contributed by atoms with E-state index in [1.807, 2.05) is 5.48 Å². The van der Waals surface area contributed by atoms with Gasteiger partial charge >= 0.3 is 0 Å². The first-order valence-electron chi connectivity index (χ1n) is 3.40. The Labute approximate surface area is 73.4 Å². The Morgan fingerprint density at radius 1 is 1.92 bits per heavy atom. The van der Waals surface area contributed by atoms with Gasteiger partial charge in [-0.25, -0.2) is 15.1 Å². The number of nitrogens with one attached hydrogen (secondary N) is 1. The lowest BCUT2D eigenvalue weighted by molar-refractivity contribution is -0.544. The first kappa shape index (κ1) is 9.36. The van der Waals surface area contributed by atoms with Gasteiger partial charge in [0.1, 0.15) is 6.04 Å². The number of nitro groups is 1. The van der Waals surface area contributed by atoms with Gasteiger partial charge in [-0.3, -0.25) is 0 Å². The molecule has 0 aliphatic rings. The van der Waals surface area contributed by atoms with Crippen LogP contribution in [-0.2, 0) is 0 Å². The van der Waals surface area contributed by atoms with Crippen molar-refractivity contribution in [3.05, 3.63) is 41.0 Å². The van der Waals surface area contributed by atoms with Crippen LogP contribution in [0.2, 0.25) is 0 Å². The molecular weight excluding hydrogens is 176 g/mol. The van der Waals surface area contributed by atoms with Crippen LogP contribution < -0.4 is 5.48 Å². The number of hydrogen-bond acceptors (Lipinski definition) is 5. The van der Waals surface area contributed by atoms with E-state index in [0.717, 1.165) is 0 Å². The van der Waals surface area contributed by atoms with E-state index in [4.69, 9.17) is 5.21 Å². The molecule has 0 fully saturated rings.